The molecule has 1 aromatic carbocycles. The standard InChI is InChI=1S/C18H24N2O4/c1-11(2)8-14(18(23)24)10-19-17(22)16-9-13-6-4-5-7-15(13)20(16)12(3)21/h4-7,11,14,16H,8-10H2,1-3H3,(H,19,22)(H,23,24)/t14?,16-/m0/s1. The van der Waals surface area contributed by atoms with Crippen molar-refractivity contribution < 1.29 is 19.5 Å². The van der Waals surface area contributed by atoms with Crippen LogP contribution in [0.1, 0.15) is 32.8 Å². The number of amides is 2. The number of nitrogens with one attached hydrogen (secondary N) is 1. The van der Waals surface area contributed by atoms with Crippen molar-refractivity contribution in [1.82, 2.24) is 5.32 Å². The van der Waals surface area contributed by atoms with Gasteiger partial charge in [-0.25, -0.2) is 0 Å². The third kappa shape index (κ3) is 3.93. The fourth-order valence-corrected chi connectivity index (χ4v) is 3.17. The first-order chi connectivity index (χ1) is 11.3. The molecule has 24 heavy (non-hydrogen) atoms. The third-order valence-electron chi connectivity index (χ3n) is 4.25. The molecule has 2 N–H and O–H groups in total. The molecule has 2 rings (SSSR count). The van der Waals surface area contributed by atoms with E-state index in [-0.39, 0.29) is 24.3 Å². The molecule has 0 aliphatic carbocycles. The molecule has 1 aromatic rings. The highest BCUT2D eigenvalue weighted by Crippen LogP contribution is 2.32. The zero-order valence-corrected chi connectivity index (χ0v) is 14.3. The van der Waals surface area contributed by atoms with E-state index in [4.69, 9.17) is 0 Å². The molecule has 0 spiro atoms. The highest BCUT2D eigenvalue weighted by molar-refractivity contribution is 6.02. The van der Waals surface area contributed by atoms with Crippen LogP contribution in [0.15, 0.2) is 24.3 Å². The minimum Gasteiger partial charge on any atom is -0.481 e. The van der Waals surface area contributed by atoms with E-state index in [1.165, 1.54) is 11.8 Å². The highest BCUT2D eigenvalue weighted by atomic mass is 16.4. The first-order valence-corrected chi connectivity index (χ1v) is 8.19. The van der Waals surface area contributed by atoms with Crippen molar-refractivity contribution in [3.05, 3.63) is 29.8 Å². The molecule has 0 saturated heterocycles. The van der Waals surface area contributed by atoms with E-state index < -0.39 is 17.9 Å². The van der Waals surface area contributed by atoms with Crippen molar-refractivity contribution in [2.75, 3.05) is 11.4 Å². The first kappa shape index (κ1) is 18.0. The number of carboxylic acid groups (broad SMARTS) is 1. The van der Waals surface area contributed by atoms with Crippen LogP contribution in [-0.2, 0) is 20.8 Å². The quantitative estimate of drug-likeness (QED) is 0.832. The molecule has 6 heteroatoms. The van der Waals surface area contributed by atoms with E-state index in [0.717, 1.165) is 11.3 Å². The van der Waals surface area contributed by atoms with Gasteiger partial charge in [-0.1, -0.05) is 32.0 Å². The molecule has 130 valence electrons. The van der Waals surface area contributed by atoms with E-state index in [0.29, 0.717) is 12.8 Å². The van der Waals surface area contributed by atoms with E-state index in [1.807, 2.05) is 38.1 Å². The van der Waals surface area contributed by atoms with Crippen LogP contribution in [0.3, 0.4) is 0 Å². The second kappa shape index (κ2) is 7.47. The lowest BCUT2D eigenvalue weighted by atomic mass is 9.97. The predicted molar refractivity (Wildman–Crippen MR) is 90.7 cm³/mol. The van der Waals surface area contributed by atoms with Gasteiger partial charge in [0.05, 0.1) is 5.92 Å². The fourth-order valence-electron chi connectivity index (χ4n) is 3.17. The van der Waals surface area contributed by atoms with Gasteiger partial charge < -0.3 is 10.4 Å². The summed E-state index contributed by atoms with van der Waals surface area (Å²) in [5.74, 6) is -1.81. The lowest BCUT2D eigenvalue weighted by Crippen LogP contribution is -2.48. The molecule has 1 aliphatic heterocycles. The van der Waals surface area contributed by atoms with Crippen LogP contribution < -0.4 is 10.2 Å². The second-order valence-corrected chi connectivity index (χ2v) is 6.65. The van der Waals surface area contributed by atoms with E-state index in [2.05, 4.69) is 5.32 Å². The molecule has 6 nitrogen and oxygen atoms in total. The van der Waals surface area contributed by atoms with Crippen LogP contribution in [0.25, 0.3) is 0 Å². The van der Waals surface area contributed by atoms with E-state index in [1.54, 1.807) is 0 Å². The Balaban J connectivity index is 2.07. The van der Waals surface area contributed by atoms with Gasteiger partial charge >= 0.3 is 5.97 Å². The molecular weight excluding hydrogens is 308 g/mol. The summed E-state index contributed by atoms with van der Waals surface area (Å²) in [6.45, 7) is 5.40. The van der Waals surface area contributed by atoms with Gasteiger partial charge in [-0.3, -0.25) is 19.3 Å². The van der Waals surface area contributed by atoms with Crippen molar-refractivity contribution in [2.24, 2.45) is 11.8 Å². The number of rotatable bonds is 6. The summed E-state index contributed by atoms with van der Waals surface area (Å²) in [5, 5.41) is 12.0. The summed E-state index contributed by atoms with van der Waals surface area (Å²) in [6.07, 6.45) is 0.945. The number of anilines is 1. The smallest absolute Gasteiger partial charge is 0.308 e. The number of fused-ring (bicyclic) bond motifs is 1. The summed E-state index contributed by atoms with van der Waals surface area (Å²) < 4.78 is 0. The van der Waals surface area contributed by atoms with Gasteiger partial charge in [0.15, 0.2) is 0 Å². The molecule has 1 aliphatic rings. The number of hydrogen-bond acceptors (Lipinski definition) is 3. The maximum atomic E-state index is 12.5. The lowest BCUT2D eigenvalue weighted by Gasteiger charge is -2.24. The van der Waals surface area contributed by atoms with Gasteiger partial charge in [0.1, 0.15) is 6.04 Å². The van der Waals surface area contributed by atoms with E-state index in [9.17, 15) is 19.5 Å². The molecule has 0 saturated carbocycles. The molecule has 0 radical (unpaired) electrons. The average Bonchev–Trinajstić information content (AvgIpc) is 2.90. The number of benzene rings is 1. The van der Waals surface area contributed by atoms with Gasteiger partial charge in [-0.2, -0.15) is 0 Å². The van der Waals surface area contributed by atoms with Crippen molar-refractivity contribution in [3.8, 4) is 0 Å². The van der Waals surface area contributed by atoms with Crippen LogP contribution in [0, 0.1) is 11.8 Å². The van der Waals surface area contributed by atoms with Gasteiger partial charge in [-0.05, 0) is 24.0 Å². The topological polar surface area (TPSA) is 86.7 Å². The molecule has 0 aromatic heterocycles. The van der Waals surface area contributed by atoms with Gasteiger partial charge in [-0.15, -0.1) is 0 Å². The average molecular weight is 332 g/mol. The van der Waals surface area contributed by atoms with Crippen LogP contribution >= 0.6 is 0 Å². The Hall–Kier alpha value is -2.37. The molecule has 1 heterocycles. The molecular formula is C18H24N2O4. The third-order valence-corrected chi connectivity index (χ3v) is 4.25. The molecule has 2 amide bonds. The number of carbonyl (C=O) groups is 3. The number of nitrogens with zero attached hydrogens (tertiary/aromatic N) is 1. The summed E-state index contributed by atoms with van der Waals surface area (Å²) in [7, 11) is 0. The summed E-state index contributed by atoms with van der Waals surface area (Å²) in [5.41, 5.74) is 1.70. The zero-order chi connectivity index (χ0) is 17.9. The van der Waals surface area contributed by atoms with Crippen LogP contribution in [0.4, 0.5) is 5.69 Å². The van der Waals surface area contributed by atoms with Crippen molar-refractivity contribution in [1.29, 1.82) is 0 Å². The number of para-hydroxylation sites is 1. The molecule has 1 unspecified atom stereocenters. The minimum absolute atomic E-state index is 0.0743. The zero-order valence-electron chi connectivity index (χ0n) is 14.3. The minimum atomic E-state index is -0.915. The maximum Gasteiger partial charge on any atom is 0.308 e. The normalized spacial score (nSPS) is 17.5. The Kier molecular flexibility index (Phi) is 5.59. The molecule has 0 fully saturated rings. The van der Waals surface area contributed by atoms with Gasteiger partial charge in [0, 0.05) is 25.6 Å². The summed E-state index contributed by atoms with van der Waals surface area (Å²) in [4.78, 5) is 37.3. The number of carbonyl (C=O) groups excluding carboxylic acids is 2. The molecule has 2 atom stereocenters. The number of aliphatic carboxylic acids is 1. The number of hydrogen-bond donors (Lipinski definition) is 2. The first-order valence-electron chi connectivity index (χ1n) is 8.19. The van der Waals surface area contributed by atoms with Crippen LogP contribution in [0.2, 0.25) is 0 Å². The van der Waals surface area contributed by atoms with Gasteiger partial charge in [0.2, 0.25) is 11.8 Å². The largest absolute Gasteiger partial charge is 0.481 e. The summed E-state index contributed by atoms with van der Waals surface area (Å²) >= 11 is 0. The van der Waals surface area contributed by atoms with Crippen LogP contribution in [-0.4, -0.2) is 35.5 Å². The SMILES string of the molecule is CC(=O)N1c2ccccc2C[C@H]1C(=O)NCC(CC(C)C)C(=O)O. The predicted octanol–water partition coefficient (Wildman–Crippen LogP) is 1.83. The Bertz CT molecular complexity index is 642. The van der Waals surface area contributed by atoms with E-state index >= 15 is 0 Å². The second-order valence-electron chi connectivity index (χ2n) is 6.65. The highest BCUT2D eigenvalue weighted by Gasteiger charge is 2.36. The van der Waals surface area contributed by atoms with Crippen LogP contribution in [0.5, 0.6) is 0 Å². The Morgan fingerprint density at radius 3 is 2.54 bits per heavy atom. The fraction of sp³-hybridized carbons (Fsp3) is 0.500. The van der Waals surface area contributed by atoms with Crippen molar-refractivity contribution >= 4 is 23.5 Å². The van der Waals surface area contributed by atoms with Gasteiger partial charge in [0.25, 0.3) is 0 Å². The monoisotopic (exact) mass is 332 g/mol. The van der Waals surface area contributed by atoms with Crippen molar-refractivity contribution in [3.63, 3.8) is 0 Å². The summed E-state index contributed by atoms with van der Waals surface area (Å²) in [6, 6.07) is 6.81. The number of carboxylic acids is 1. The molecule has 0 bridgehead atoms. The Morgan fingerprint density at radius 1 is 1.29 bits per heavy atom. The van der Waals surface area contributed by atoms with Crippen molar-refractivity contribution in [2.45, 2.75) is 39.7 Å². The Morgan fingerprint density at radius 2 is 1.96 bits per heavy atom. The Labute approximate surface area is 141 Å². The maximum absolute atomic E-state index is 12.5. The lowest BCUT2D eigenvalue weighted by molar-refractivity contribution is -0.142.